The van der Waals surface area contributed by atoms with Crippen LogP contribution in [0.3, 0.4) is 0 Å². The maximum absolute atomic E-state index is 6.37. The van der Waals surface area contributed by atoms with Crippen LogP contribution in [-0.4, -0.2) is 19.5 Å². The largest absolute Gasteiger partial charge is 0.383 e. The quantitative estimate of drug-likeness (QED) is 0.150. The lowest BCUT2D eigenvalue weighted by Gasteiger charge is -2.21. The van der Waals surface area contributed by atoms with Gasteiger partial charge in [-0.1, -0.05) is 115 Å². The number of rotatable bonds is 7. The first kappa shape index (κ1) is 35.0. The Kier molecular flexibility index (Phi) is 8.47. The topological polar surface area (TPSA) is 62.1 Å². The highest BCUT2D eigenvalue weighted by Crippen LogP contribution is 2.50. The van der Waals surface area contributed by atoms with Gasteiger partial charge < -0.3 is 8.58 Å². The van der Waals surface area contributed by atoms with Crippen LogP contribution in [-0.2, 0) is 0 Å². The SMILES string of the molecule is ClOc1c(-c2c3ccccc3c(-c3ccc4cccnc4c3OCl)c3cc(-c4ccc(-c5nc6ccccc6n5-c5ccccc5)cc4)ccc23)ccc2cccnc12. The zero-order valence-corrected chi connectivity index (χ0v) is 32.7. The summed E-state index contributed by atoms with van der Waals surface area (Å²) in [6.45, 7) is 0. The second kappa shape index (κ2) is 14.3. The van der Waals surface area contributed by atoms with E-state index in [0.29, 0.717) is 22.5 Å². The lowest BCUT2D eigenvalue weighted by Crippen LogP contribution is -1.97. The summed E-state index contributed by atoms with van der Waals surface area (Å²) in [5.41, 5.74) is 11.1. The molecule has 0 unspecified atom stereocenters. The highest BCUT2D eigenvalue weighted by atomic mass is 35.5. The molecule has 0 radical (unpaired) electrons. The molecular formula is C51H30Cl2N4O2. The molecule has 11 aromatic rings. The fourth-order valence-corrected chi connectivity index (χ4v) is 8.91. The molecule has 280 valence electrons. The standard InChI is InChI=1S/C51H30Cl2N4O2/c52-58-49-40(26-22-32-10-8-28-54-47(32)49)45-37-14-4-5-15-38(37)46(41-27-23-33-11-9-29-55-48(33)50(41)59-53)42-30-35(24-25-39(42)45)31-18-20-34(21-19-31)51-56-43-16-6-7-17-44(43)57(51)36-12-2-1-3-13-36/h1-30H. The average molecular weight is 802 g/mol. The molecule has 0 saturated carbocycles. The van der Waals surface area contributed by atoms with E-state index in [0.717, 1.165) is 93.8 Å². The van der Waals surface area contributed by atoms with Gasteiger partial charge in [-0.3, -0.25) is 14.5 Å². The third kappa shape index (κ3) is 5.68. The Morgan fingerprint density at radius 1 is 0.441 bits per heavy atom. The van der Waals surface area contributed by atoms with Gasteiger partial charge in [0.25, 0.3) is 0 Å². The van der Waals surface area contributed by atoms with Crippen molar-refractivity contribution >= 4 is 78.1 Å². The van der Waals surface area contributed by atoms with Gasteiger partial charge in [-0.25, -0.2) is 4.98 Å². The number of imidazole rings is 1. The number of benzene rings is 8. The smallest absolute Gasteiger partial charge is 0.180 e. The van der Waals surface area contributed by atoms with Gasteiger partial charge in [0, 0.05) is 56.7 Å². The fraction of sp³-hybridized carbons (Fsp3) is 0. The number of halogens is 2. The number of aromatic nitrogens is 4. The van der Waals surface area contributed by atoms with Crippen LogP contribution in [0, 0.1) is 0 Å². The van der Waals surface area contributed by atoms with Crippen molar-refractivity contribution in [3.8, 4) is 62.0 Å². The monoisotopic (exact) mass is 800 g/mol. The molecule has 59 heavy (non-hydrogen) atoms. The van der Waals surface area contributed by atoms with E-state index in [4.69, 9.17) is 42.3 Å². The molecule has 0 N–H and O–H groups in total. The number of hydrogen-bond acceptors (Lipinski definition) is 5. The van der Waals surface area contributed by atoms with E-state index < -0.39 is 0 Å². The molecule has 8 aromatic carbocycles. The molecule has 0 spiro atoms. The summed E-state index contributed by atoms with van der Waals surface area (Å²) in [4.78, 5) is 14.5. The first-order valence-electron chi connectivity index (χ1n) is 19.2. The van der Waals surface area contributed by atoms with Crippen LogP contribution in [0.4, 0.5) is 0 Å². The summed E-state index contributed by atoms with van der Waals surface area (Å²) >= 11 is 12.7. The third-order valence-electron chi connectivity index (χ3n) is 11.2. The van der Waals surface area contributed by atoms with Crippen LogP contribution in [0.1, 0.15) is 0 Å². The molecule has 0 fully saturated rings. The highest BCUT2D eigenvalue weighted by Gasteiger charge is 2.24. The normalized spacial score (nSPS) is 11.6. The van der Waals surface area contributed by atoms with Crippen LogP contribution in [0.25, 0.3) is 105 Å². The van der Waals surface area contributed by atoms with Crippen LogP contribution in [0.5, 0.6) is 11.5 Å². The van der Waals surface area contributed by atoms with Crippen molar-refractivity contribution in [2.24, 2.45) is 0 Å². The second-order valence-electron chi connectivity index (χ2n) is 14.4. The molecule has 3 heterocycles. The molecule has 0 amide bonds. The molecular weight excluding hydrogens is 771 g/mol. The lowest BCUT2D eigenvalue weighted by atomic mass is 9.84. The fourth-order valence-electron chi connectivity index (χ4n) is 8.59. The number of pyridine rings is 2. The Hall–Kier alpha value is -7.25. The van der Waals surface area contributed by atoms with Crippen molar-refractivity contribution in [3.63, 3.8) is 0 Å². The van der Waals surface area contributed by atoms with Gasteiger partial charge >= 0.3 is 0 Å². The Labute approximate surface area is 348 Å². The molecule has 0 aliphatic heterocycles. The molecule has 8 heteroatoms. The first-order valence-corrected chi connectivity index (χ1v) is 19.8. The zero-order valence-electron chi connectivity index (χ0n) is 31.2. The lowest BCUT2D eigenvalue weighted by molar-refractivity contribution is 0.627. The highest BCUT2D eigenvalue weighted by molar-refractivity contribution is 6.25. The minimum atomic E-state index is 0.486. The molecule has 0 aliphatic rings. The molecule has 0 saturated heterocycles. The minimum absolute atomic E-state index is 0.486. The molecule has 0 atom stereocenters. The predicted octanol–water partition coefficient (Wildman–Crippen LogP) is 14.2. The van der Waals surface area contributed by atoms with Gasteiger partial charge in [0.1, 0.15) is 40.6 Å². The Balaban J connectivity index is 1.16. The van der Waals surface area contributed by atoms with Crippen LogP contribution < -0.4 is 8.58 Å². The van der Waals surface area contributed by atoms with Crippen molar-refractivity contribution in [2.45, 2.75) is 0 Å². The first-order chi connectivity index (χ1) is 29.2. The van der Waals surface area contributed by atoms with Gasteiger partial charge in [-0.2, -0.15) is 0 Å². The van der Waals surface area contributed by atoms with Crippen molar-refractivity contribution in [2.75, 3.05) is 0 Å². The molecule has 11 rings (SSSR count). The van der Waals surface area contributed by atoms with Crippen LogP contribution in [0.15, 0.2) is 182 Å². The zero-order chi connectivity index (χ0) is 39.5. The van der Waals surface area contributed by atoms with E-state index in [1.54, 1.807) is 12.4 Å². The molecule has 0 aliphatic carbocycles. The molecule has 6 nitrogen and oxygen atoms in total. The van der Waals surface area contributed by atoms with Crippen LogP contribution >= 0.6 is 23.7 Å². The predicted molar refractivity (Wildman–Crippen MR) is 241 cm³/mol. The number of para-hydroxylation sites is 3. The van der Waals surface area contributed by atoms with Crippen molar-refractivity contribution in [1.82, 2.24) is 19.5 Å². The Morgan fingerprint density at radius 3 is 1.63 bits per heavy atom. The summed E-state index contributed by atoms with van der Waals surface area (Å²) in [7, 11) is 0. The summed E-state index contributed by atoms with van der Waals surface area (Å²) in [6.07, 6.45) is 3.50. The Bertz CT molecular complexity index is 3420. The molecule has 3 aromatic heterocycles. The number of nitrogens with zero attached hydrogens (tertiary/aromatic N) is 4. The van der Waals surface area contributed by atoms with Gasteiger partial charge in [-0.05, 0) is 87.3 Å². The second-order valence-corrected chi connectivity index (χ2v) is 14.7. The van der Waals surface area contributed by atoms with Crippen molar-refractivity contribution in [1.29, 1.82) is 0 Å². The minimum Gasteiger partial charge on any atom is -0.383 e. The maximum atomic E-state index is 6.37. The van der Waals surface area contributed by atoms with Gasteiger partial charge in [0.05, 0.1) is 11.0 Å². The number of hydrogen-bond donors (Lipinski definition) is 0. The van der Waals surface area contributed by atoms with Crippen molar-refractivity contribution in [3.05, 3.63) is 182 Å². The van der Waals surface area contributed by atoms with Crippen LogP contribution in [0.2, 0.25) is 0 Å². The van der Waals surface area contributed by atoms with Crippen molar-refractivity contribution < 1.29 is 8.58 Å². The number of fused-ring (bicyclic) bond motifs is 5. The van der Waals surface area contributed by atoms with E-state index in [9.17, 15) is 0 Å². The van der Waals surface area contributed by atoms with E-state index in [1.165, 1.54) is 0 Å². The third-order valence-corrected chi connectivity index (χ3v) is 11.5. The van der Waals surface area contributed by atoms with E-state index >= 15 is 0 Å². The maximum Gasteiger partial charge on any atom is 0.180 e. The average Bonchev–Trinajstić information content (AvgIpc) is 3.70. The van der Waals surface area contributed by atoms with E-state index in [2.05, 4.69) is 131 Å². The van der Waals surface area contributed by atoms with Gasteiger partial charge in [-0.15, -0.1) is 0 Å². The van der Waals surface area contributed by atoms with Gasteiger partial charge in [0.15, 0.2) is 11.5 Å². The summed E-state index contributed by atoms with van der Waals surface area (Å²) < 4.78 is 13.6. The Morgan fingerprint density at radius 2 is 0.983 bits per heavy atom. The van der Waals surface area contributed by atoms with Gasteiger partial charge in [0.2, 0.25) is 0 Å². The van der Waals surface area contributed by atoms with E-state index in [-0.39, 0.29) is 0 Å². The summed E-state index contributed by atoms with van der Waals surface area (Å²) in [5.74, 6) is 1.85. The van der Waals surface area contributed by atoms with E-state index in [1.807, 2.05) is 48.5 Å². The summed E-state index contributed by atoms with van der Waals surface area (Å²) in [5, 5.41) is 5.82. The molecule has 0 bridgehead atoms. The summed E-state index contributed by atoms with van der Waals surface area (Å²) in [6, 6.07) is 58.2.